The molecule has 3 aromatic rings. The molecule has 0 bridgehead atoms. The fourth-order valence-electron chi connectivity index (χ4n) is 1.00. The highest BCUT2D eigenvalue weighted by molar-refractivity contribution is 5.67. The zero-order valence-corrected chi connectivity index (χ0v) is 8.28. The fourth-order valence-corrected chi connectivity index (χ4v) is 1.00. The van der Waals surface area contributed by atoms with Gasteiger partial charge in [0.2, 0.25) is 5.95 Å². The molecule has 0 fully saturated rings. The normalized spacial score (nSPS) is 9.50. The molecule has 0 radical (unpaired) electrons. The first-order valence-electron chi connectivity index (χ1n) is 4.48. The predicted molar refractivity (Wildman–Crippen MR) is 58.1 cm³/mol. The molecule has 0 amide bonds. The Labute approximate surface area is 90.8 Å². The van der Waals surface area contributed by atoms with Crippen molar-refractivity contribution in [2.45, 2.75) is 0 Å². The minimum Gasteiger partial charge on any atom is -0.368 e. The minimum atomic E-state index is 0.322. The van der Waals surface area contributed by atoms with Crippen molar-refractivity contribution in [1.82, 2.24) is 29.9 Å². The third kappa shape index (κ3) is 2.47. The number of nitrogen functional groups attached to an aromatic ring is 1. The van der Waals surface area contributed by atoms with Crippen molar-refractivity contribution in [3.8, 4) is 0 Å². The van der Waals surface area contributed by atoms with E-state index in [1.807, 2.05) is 0 Å². The van der Waals surface area contributed by atoms with Gasteiger partial charge in [0.1, 0.15) is 11.8 Å². The van der Waals surface area contributed by atoms with E-state index >= 15 is 0 Å². The molecule has 3 aromatic heterocycles. The van der Waals surface area contributed by atoms with Crippen LogP contribution in [0.3, 0.4) is 0 Å². The Morgan fingerprint density at radius 2 is 1.88 bits per heavy atom. The second-order valence-corrected chi connectivity index (χ2v) is 2.77. The van der Waals surface area contributed by atoms with Crippen molar-refractivity contribution in [3.05, 3.63) is 37.3 Å². The van der Waals surface area contributed by atoms with Gasteiger partial charge in [0.05, 0.1) is 12.5 Å². The maximum atomic E-state index is 5.14. The third-order valence-corrected chi connectivity index (χ3v) is 1.68. The van der Waals surface area contributed by atoms with Crippen LogP contribution >= 0.6 is 0 Å². The Balaban J connectivity index is 0.000000125. The summed E-state index contributed by atoms with van der Waals surface area (Å²) in [5, 5.41) is 0. The molecule has 0 spiro atoms. The van der Waals surface area contributed by atoms with Crippen LogP contribution in [0.4, 0.5) is 5.95 Å². The van der Waals surface area contributed by atoms with Gasteiger partial charge < -0.3 is 10.7 Å². The molecule has 3 heterocycles. The summed E-state index contributed by atoms with van der Waals surface area (Å²) in [6.07, 6.45) is 7.96. The number of hydrogen-bond donors (Lipinski definition) is 2. The lowest BCUT2D eigenvalue weighted by molar-refractivity contribution is 1.19. The summed E-state index contributed by atoms with van der Waals surface area (Å²) < 4.78 is 0. The summed E-state index contributed by atoms with van der Waals surface area (Å²) in [6.45, 7) is 0. The molecule has 0 aliphatic rings. The van der Waals surface area contributed by atoms with E-state index in [2.05, 4.69) is 29.9 Å². The summed E-state index contributed by atoms with van der Waals surface area (Å²) in [7, 11) is 0. The van der Waals surface area contributed by atoms with Gasteiger partial charge in [-0.3, -0.25) is 0 Å². The Morgan fingerprint density at radius 3 is 2.50 bits per heavy atom. The number of anilines is 1. The van der Waals surface area contributed by atoms with Crippen LogP contribution in [0, 0.1) is 0 Å². The van der Waals surface area contributed by atoms with Gasteiger partial charge in [0, 0.05) is 12.4 Å². The van der Waals surface area contributed by atoms with Gasteiger partial charge >= 0.3 is 0 Å². The Hall–Kier alpha value is -2.57. The number of nitrogens with zero attached hydrogens (tertiary/aromatic N) is 5. The maximum absolute atomic E-state index is 5.14. The molecule has 0 atom stereocenters. The van der Waals surface area contributed by atoms with Crippen LogP contribution in [0.2, 0.25) is 0 Å². The number of nitrogens with one attached hydrogen (secondary N) is 1. The van der Waals surface area contributed by atoms with Crippen LogP contribution in [0.15, 0.2) is 37.3 Å². The van der Waals surface area contributed by atoms with Crippen LogP contribution < -0.4 is 5.73 Å². The summed E-state index contributed by atoms with van der Waals surface area (Å²) in [4.78, 5) is 21.8. The number of fused-ring (bicyclic) bond motifs is 1. The van der Waals surface area contributed by atoms with E-state index in [9.17, 15) is 0 Å². The number of hydrogen-bond acceptors (Lipinski definition) is 6. The summed E-state index contributed by atoms with van der Waals surface area (Å²) in [5.41, 5.74) is 6.72. The smallest absolute Gasteiger partial charge is 0.219 e. The van der Waals surface area contributed by atoms with Crippen molar-refractivity contribution in [1.29, 1.82) is 0 Å². The first-order valence-corrected chi connectivity index (χ1v) is 4.48. The van der Waals surface area contributed by atoms with E-state index in [-0.39, 0.29) is 0 Å². The van der Waals surface area contributed by atoms with Crippen LogP contribution in [0.25, 0.3) is 11.2 Å². The summed E-state index contributed by atoms with van der Waals surface area (Å²) in [6, 6.07) is 1.72. The van der Waals surface area contributed by atoms with Gasteiger partial charge in [-0.2, -0.15) is 0 Å². The quantitative estimate of drug-likeness (QED) is 0.562. The lowest BCUT2D eigenvalue weighted by atomic mass is 10.6. The summed E-state index contributed by atoms with van der Waals surface area (Å²) in [5.74, 6) is 0.322. The molecule has 7 heteroatoms. The monoisotopic (exact) mass is 215 g/mol. The number of nitrogens with two attached hydrogens (primary N) is 1. The molecular formula is C9H9N7. The Bertz CT molecular complexity index is 518. The van der Waals surface area contributed by atoms with E-state index in [1.54, 1.807) is 31.0 Å². The predicted octanol–water partition coefficient (Wildman–Crippen LogP) is 0.412. The van der Waals surface area contributed by atoms with Gasteiger partial charge in [-0.25, -0.2) is 24.9 Å². The fraction of sp³-hybridized carbons (Fsp3) is 0. The van der Waals surface area contributed by atoms with Gasteiger partial charge in [-0.1, -0.05) is 0 Å². The second kappa shape index (κ2) is 4.78. The standard InChI is InChI=1S/C5H4N4.C4H5N3/c1-4-5(8-2-6-1)9-3-7-4;5-4-6-2-1-3-7-4/h1-3H,(H,6,7,8,9);1-3H,(H2,5,6,7). The maximum Gasteiger partial charge on any atom is 0.219 e. The van der Waals surface area contributed by atoms with Gasteiger partial charge in [0.25, 0.3) is 0 Å². The lowest BCUT2D eigenvalue weighted by Gasteiger charge is -1.82. The van der Waals surface area contributed by atoms with E-state index in [0.29, 0.717) is 11.6 Å². The topological polar surface area (TPSA) is 106 Å². The zero-order chi connectivity index (χ0) is 11.2. The first-order chi connectivity index (χ1) is 7.86. The average Bonchev–Trinajstić information content (AvgIpc) is 2.79. The second-order valence-electron chi connectivity index (χ2n) is 2.77. The van der Waals surface area contributed by atoms with Crippen molar-refractivity contribution < 1.29 is 0 Å². The van der Waals surface area contributed by atoms with E-state index in [0.717, 1.165) is 5.52 Å². The minimum absolute atomic E-state index is 0.322. The highest BCUT2D eigenvalue weighted by Crippen LogP contribution is 1.99. The summed E-state index contributed by atoms with van der Waals surface area (Å²) >= 11 is 0. The van der Waals surface area contributed by atoms with Crippen molar-refractivity contribution in [2.24, 2.45) is 0 Å². The number of aromatic amines is 1. The SMILES string of the molecule is Nc1ncccn1.c1ncc2[nH]cnc2n1. The first kappa shape index (κ1) is 9.97. The Morgan fingerprint density at radius 1 is 1.06 bits per heavy atom. The largest absolute Gasteiger partial charge is 0.368 e. The molecule has 0 unspecified atom stereocenters. The molecule has 0 aliphatic heterocycles. The number of rotatable bonds is 0. The number of imidazole rings is 1. The molecule has 0 aromatic carbocycles. The molecule has 0 saturated heterocycles. The van der Waals surface area contributed by atoms with Gasteiger partial charge in [-0.15, -0.1) is 0 Å². The van der Waals surface area contributed by atoms with Gasteiger partial charge in [-0.05, 0) is 6.07 Å². The molecule has 3 N–H and O–H groups in total. The van der Waals surface area contributed by atoms with E-state index in [4.69, 9.17) is 5.73 Å². The molecular weight excluding hydrogens is 206 g/mol. The van der Waals surface area contributed by atoms with E-state index in [1.165, 1.54) is 6.33 Å². The molecule has 80 valence electrons. The molecule has 16 heavy (non-hydrogen) atoms. The van der Waals surface area contributed by atoms with Crippen LogP contribution in [-0.2, 0) is 0 Å². The highest BCUT2D eigenvalue weighted by atomic mass is 15.0. The van der Waals surface area contributed by atoms with Crippen LogP contribution in [0.1, 0.15) is 0 Å². The molecule has 3 rings (SSSR count). The van der Waals surface area contributed by atoms with Crippen molar-refractivity contribution >= 4 is 17.1 Å². The van der Waals surface area contributed by atoms with Crippen LogP contribution in [0.5, 0.6) is 0 Å². The average molecular weight is 215 g/mol. The van der Waals surface area contributed by atoms with Crippen molar-refractivity contribution in [3.63, 3.8) is 0 Å². The Kier molecular flexibility index (Phi) is 2.98. The van der Waals surface area contributed by atoms with Gasteiger partial charge in [0.15, 0.2) is 5.65 Å². The lowest BCUT2D eigenvalue weighted by Crippen LogP contribution is -1.90. The highest BCUT2D eigenvalue weighted by Gasteiger charge is 1.91. The molecule has 0 aliphatic carbocycles. The van der Waals surface area contributed by atoms with Crippen molar-refractivity contribution in [2.75, 3.05) is 5.73 Å². The zero-order valence-electron chi connectivity index (χ0n) is 8.28. The third-order valence-electron chi connectivity index (χ3n) is 1.68. The van der Waals surface area contributed by atoms with E-state index < -0.39 is 0 Å². The number of aromatic nitrogens is 6. The van der Waals surface area contributed by atoms with Crippen LogP contribution in [-0.4, -0.2) is 29.9 Å². The number of H-pyrrole nitrogens is 1. The molecule has 0 saturated carbocycles. The molecule has 7 nitrogen and oxygen atoms in total.